The van der Waals surface area contributed by atoms with E-state index >= 15 is 0 Å². The van der Waals surface area contributed by atoms with E-state index in [1.54, 1.807) is 0 Å². The average molecular weight is 337 g/mol. The zero-order chi connectivity index (χ0) is 17.0. The molecule has 0 unspecified atom stereocenters. The third kappa shape index (κ3) is 5.22. The van der Waals surface area contributed by atoms with E-state index in [9.17, 15) is 4.79 Å². The molecule has 0 radical (unpaired) electrons. The van der Waals surface area contributed by atoms with E-state index in [0.29, 0.717) is 6.42 Å². The lowest BCUT2D eigenvalue weighted by molar-refractivity contribution is -0.132. The second-order valence-electron chi connectivity index (χ2n) is 7.60. The summed E-state index contributed by atoms with van der Waals surface area (Å²) in [7, 11) is 2.10. The molecule has 0 bridgehead atoms. The van der Waals surface area contributed by atoms with Crippen molar-refractivity contribution in [3.05, 3.63) is 34.3 Å². The van der Waals surface area contributed by atoms with Crippen LogP contribution in [-0.4, -0.2) is 48.9 Å². The molecular weight excluding hydrogens is 308 g/mol. The van der Waals surface area contributed by atoms with Crippen molar-refractivity contribution in [3.63, 3.8) is 0 Å². The molecule has 0 N–H and O–H groups in total. The molecule has 1 aromatic rings. The van der Waals surface area contributed by atoms with Crippen LogP contribution in [0.15, 0.2) is 18.2 Å². The van der Waals surface area contributed by atoms with Gasteiger partial charge >= 0.3 is 0 Å². The Morgan fingerprint density at radius 1 is 1.17 bits per heavy atom. The summed E-state index contributed by atoms with van der Waals surface area (Å²) in [6.45, 7) is 10.2. The van der Waals surface area contributed by atoms with Gasteiger partial charge in [-0.05, 0) is 42.5 Å². The third-order valence-electron chi connectivity index (χ3n) is 4.55. The lowest BCUT2D eigenvalue weighted by atomic mass is 9.86. The number of hydrogen-bond donors (Lipinski definition) is 0. The van der Waals surface area contributed by atoms with Crippen molar-refractivity contribution in [2.75, 3.05) is 33.2 Å². The van der Waals surface area contributed by atoms with E-state index in [2.05, 4.69) is 50.9 Å². The second-order valence-corrected chi connectivity index (χ2v) is 8.01. The number of benzene rings is 1. The molecule has 4 heteroatoms. The lowest BCUT2D eigenvalue weighted by Crippen LogP contribution is -2.47. The number of likely N-dealkylation sites (N-methyl/N-ethyl adjacent to an activating group) is 1. The minimum atomic E-state index is 0.0625. The largest absolute Gasteiger partial charge is 0.340 e. The number of aryl methyl sites for hydroxylation is 1. The highest BCUT2D eigenvalue weighted by molar-refractivity contribution is 6.31. The summed E-state index contributed by atoms with van der Waals surface area (Å²) < 4.78 is 0. The summed E-state index contributed by atoms with van der Waals surface area (Å²) in [6.07, 6.45) is 2.42. The molecular formula is C19H29ClN2O. The van der Waals surface area contributed by atoms with Crippen LogP contribution in [0.5, 0.6) is 0 Å². The molecule has 1 aromatic carbocycles. The van der Waals surface area contributed by atoms with Gasteiger partial charge in [0.1, 0.15) is 0 Å². The van der Waals surface area contributed by atoms with E-state index in [-0.39, 0.29) is 11.3 Å². The molecule has 1 aliphatic rings. The summed E-state index contributed by atoms with van der Waals surface area (Å²) >= 11 is 6.41. The zero-order valence-corrected chi connectivity index (χ0v) is 15.6. The van der Waals surface area contributed by atoms with Crippen molar-refractivity contribution in [1.82, 2.24) is 9.80 Å². The van der Waals surface area contributed by atoms with Crippen molar-refractivity contribution in [2.45, 2.75) is 45.4 Å². The van der Waals surface area contributed by atoms with Crippen LogP contribution >= 0.6 is 11.6 Å². The molecule has 1 saturated heterocycles. The van der Waals surface area contributed by atoms with Crippen molar-refractivity contribution in [3.8, 4) is 0 Å². The highest BCUT2D eigenvalue weighted by Gasteiger charge is 2.19. The van der Waals surface area contributed by atoms with E-state index < -0.39 is 0 Å². The topological polar surface area (TPSA) is 23.6 Å². The minimum absolute atomic E-state index is 0.0625. The van der Waals surface area contributed by atoms with Crippen molar-refractivity contribution >= 4 is 17.5 Å². The van der Waals surface area contributed by atoms with E-state index in [4.69, 9.17) is 11.6 Å². The minimum Gasteiger partial charge on any atom is -0.340 e. The van der Waals surface area contributed by atoms with Crippen LogP contribution in [0.25, 0.3) is 0 Å². The maximum atomic E-state index is 12.2. The maximum Gasteiger partial charge on any atom is 0.222 e. The Morgan fingerprint density at radius 3 is 2.39 bits per heavy atom. The van der Waals surface area contributed by atoms with Crippen LogP contribution in [0.2, 0.25) is 5.02 Å². The summed E-state index contributed by atoms with van der Waals surface area (Å²) in [5.74, 6) is 0.288. The van der Waals surface area contributed by atoms with Crippen LogP contribution in [0.1, 0.15) is 44.7 Å². The Bertz CT molecular complexity index is 543. The van der Waals surface area contributed by atoms with Gasteiger partial charge in [-0.15, -0.1) is 0 Å². The van der Waals surface area contributed by atoms with E-state index in [1.165, 1.54) is 11.1 Å². The Kier molecular flexibility index (Phi) is 6.10. The quantitative estimate of drug-likeness (QED) is 0.836. The van der Waals surface area contributed by atoms with Crippen LogP contribution in [0, 0.1) is 0 Å². The molecule has 1 amide bonds. The smallest absolute Gasteiger partial charge is 0.222 e. The molecule has 0 atom stereocenters. The first-order valence-electron chi connectivity index (χ1n) is 8.52. The number of amides is 1. The molecule has 0 aliphatic carbocycles. The second kappa shape index (κ2) is 7.67. The Labute approximate surface area is 145 Å². The lowest BCUT2D eigenvalue weighted by Gasteiger charge is -2.32. The van der Waals surface area contributed by atoms with Crippen LogP contribution in [0.4, 0.5) is 0 Å². The Morgan fingerprint density at radius 2 is 1.83 bits per heavy atom. The molecule has 1 heterocycles. The van der Waals surface area contributed by atoms with Crippen LogP contribution < -0.4 is 0 Å². The number of piperazine rings is 1. The fourth-order valence-electron chi connectivity index (χ4n) is 2.98. The zero-order valence-electron chi connectivity index (χ0n) is 14.9. The Balaban J connectivity index is 1.82. The van der Waals surface area contributed by atoms with Gasteiger partial charge in [0.25, 0.3) is 0 Å². The van der Waals surface area contributed by atoms with Gasteiger partial charge in [-0.3, -0.25) is 4.79 Å². The highest BCUT2D eigenvalue weighted by atomic mass is 35.5. The average Bonchev–Trinajstić information content (AvgIpc) is 2.46. The van der Waals surface area contributed by atoms with Crippen molar-refractivity contribution < 1.29 is 4.79 Å². The summed E-state index contributed by atoms with van der Waals surface area (Å²) in [5.41, 5.74) is 2.46. The summed E-state index contributed by atoms with van der Waals surface area (Å²) in [5, 5.41) is 0.834. The number of rotatable bonds is 4. The third-order valence-corrected chi connectivity index (χ3v) is 4.87. The van der Waals surface area contributed by atoms with Gasteiger partial charge in [-0.2, -0.15) is 0 Å². The van der Waals surface area contributed by atoms with Crippen LogP contribution in [0.3, 0.4) is 0 Å². The first-order valence-corrected chi connectivity index (χ1v) is 8.90. The van der Waals surface area contributed by atoms with Crippen LogP contribution in [-0.2, 0) is 16.6 Å². The van der Waals surface area contributed by atoms with Crippen molar-refractivity contribution in [2.24, 2.45) is 0 Å². The predicted octanol–water partition coefficient (Wildman–Crippen LogP) is 3.73. The number of carbonyl (C=O) groups is 1. The monoisotopic (exact) mass is 336 g/mol. The molecule has 0 aromatic heterocycles. The summed E-state index contributed by atoms with van der Waals surface area (Å²) in [6, 6.07) is 6.33. The van der Waals surface area contributed by atoms with Gasteiger partial charge < -0.3 is 9.80 Å². The number of hydrogen-bond acceptors (Lipinski definition) is 2. The van der Waals surface area contributed by atoms with Gasteiger partial charge in [0, 0.05) is 37.6 Å². The fourth-order valence-corrected chi connectivity index (χ4v) is 3.47. The first-order chi connectivity index (χ1) is 10.8. The van der Waals surface area contributed by atoms with Gasteiger partial charge in [-0.1, -0.05) is 44.5 Å². The van der Waals surface area contributed by atoms with E-state index in [0.717, 1.165) is 44.0 Å². The molecule has 1 fully saturated rings. The number of nitrogens with zero attached hydrogens (tertiary/aromatic N) is 2. The maximum absolute atomic E-state index is 12.2. The molecule has 23 heavy (non-hydrogen) atoms. The molecule has 0 saturated carbocycles. The SMILES string of the molecule is CN1CCN(C(=O)CCCc2ccc(C(C)(C)C)c(Cl)c2)CC1. The predicted molar refractivity (Wildman–Crippen MR) is 97.2 cm³/mol. The fraction of sp³-hybridized carbons (Fsp3) is 0.632. The van der Waals surface area contributed by atoms with Gasteiger partial charge in [0.2, 0.25) is 5.91 Å². The van der Waals surface area contributed by atoms with E-state index in [1.807, 2.05) is 4.90 Å². The first kappa shape index (κ1) is 18.3. The summed E-state index contributed by atoms with van der Waals surface area (Å²) in [4.78, 5) is 16.5. The van der Waals surface area contributed by atoms with Gasteiger partial charge in [0.15, 0.2) is 0 Å². The number of carbonyl (C=O) groups excluding carboxylic acids is 1. The molecule has 2 rings (SSSR count). The van der Waals surface area contributed by atoms with Gasteiger partial charge in [0.05, 0.1) is 0 Å². The highest BCUT2D eigenvalue weighted by Crippen LogP contribution is 2.30. The molecule has 3 nitrogen and oxygen atoms in total. The molecule has 128 valence electrons. The molecule has 0 spiro atoms. The van der Waals surface area contributed by atoms with Crippen molar-refractivity contribution in [1.29, 1.82) is 0 Å². The standard InChI is InChI=1S/C19H29ClN2O/c1-19(2,3)16-9-8-15(14-17(16)20)6-5-7-18(23)22-12-10-21(4)11-13-22/h8-9,14H,5-7,10-13H2,1-4H3. The molecule has 1 aliphatic heterocycles. The normalized spacial score (nSPS) is 16.7. The van der Waals surface area contributed by atoms with Gasteiger partial charge in [-0.25, -0.2) is 0 Å². The Hall–Kier alpha value is -1.06. The number of halogens is 1.